The van der Waals surface area contributed by atoms with Crippen LogP contribution in [0.15, 0.2) is 6.07 Å². The van der Waals surface area contributed by atoms with Crippen LogP contribution < -0.4 is 0 Å². The number of ether oxygens (including phenoxy) is 1. The summed E-state index contributed by atoms with van der Waals surface area (Å²) in [5, 5.41) is 3.85. The second-order valence-corrected chi connectivity index (χ2v) is 2.62. The first-order valence-electron chi connectivity index (χ1n) is 3.69. The minimum atomic E-state index is -0.891. The fourth-order valence-electron chi connectivity index (χ4n) is 0.869. The van der Waals surface area contributed by atoms with Crippen LogP contribution in [0.3, 0.4) is 0 Å². The van der Waals surface area contributed by atoms with E-state index in [4.69, 9.17) is 0 Å². The molecular weight excluding hydrogens is 172 g/mol. The van der Waals surface area contributed by atoms with E-state index in [0.29, 0.717) is 0 Å². The van der Waals surface area contributed by atoms with Gasteiger partial charge in [0.1, 0.15) is 5.69 Å². The number of carbonyl (C=O) groups excluding carboxylic acids is 2. The summed E-state index contributed by atoms with van der Waals surface area (Å²) in [5.74, 6) is -1.61. The van der Waals surface area contributed by atoms with Crippen LogP contribution in [0.2, 0.25) is 0 Å². The Bertz CT molecular complexity index is 335. The van der Waals surface area contributed by atoms with Crippen molar-refractivity contribution in [3.63, 3.8) is 0 Å². The maximum Gasteiger partial charge on any atom is 0.381 e. The molecule has 0 radical (unpaired) electrons. The smallest absolute Gasteiger partial charge is 0.381 e. The van der Waals surface area contributed by atoms with Crippen molar-refractivity contribution in [2.24, 2.45) is 7.05 Å². The van der Waals surface area contributed by atoms with E-state index in [1.54, 1.807) is 20.0 Å². The third-order valence-electron chi connectivity index (χ3n) is 1.72. The number of aryl methyl sites for hydroxylation is 2. The highest BCUT2D eigenvalue weighted by Gasteiger charge is 2.19. The van der Waals surface area contributed by atoms with Crippen molar-refractivity contribution >= 4 is 11.8 Å². The Hall–Kier alpha value is -1.65. The lowest BCUT2D eigenvalue weighted by Crippen LogP contribution is -2.16. The van der Waals surface area contributed by atoms with Gasteiger partial charge in [0.25, 0.3) is 5.78 Å². The number of hydrogen-bond donors (Lipinski definition) is 0. The Kier molecular flexibility index (Phi) is 2.46. The molecule has 5 nitrogen and oxygen atoms in total. The average molecular weight is 182 g/mol. The molecule has 0 aliphatic heterocycles. The van der Waals surface area contributed by atoms with Gasteiger partial charge >= 0.3 is 5.97 Å². The number of hydrogen-bond acceptors (Lipinski definition) is 4. The fraction of sp³-hybridized carbons (Fsp3) is 0.375. The predicted octanol–water partition coefficient (Wildman–Crippen LogP) is 0.0842. The van der Waals surface area contributed by atoms with Gasteiger partial charge in [-0.1, -0.05) is 0 Å². The van der Waals surface area contributed by atoms with Crippen molar-refractivity contribution in [2.75, 3.05) is 7.11 Å². The zero-order valence-corrected chi connectivity index (χ0v) is 7.70. The van der Waals surface area contributed by atoms with Crippen molar-refractivity contribution in [1.82, 2.24) is 9.78 Å². The number of Topliss-reactive ketones (excluding diaryl/α,β-unsaturated/α-hetero) is 1. The third kappa shape index (κ3) is 1.74. The minimum absolute atomic E-state index is 0.117. The molecule has 1 rings (SSSR count). The van der Waals surface area contributed by atoms with Crippen LogP contribution >= 0.6 is 0 Å². The highest BCUT2D eigenvalue weighted by Crippen LogP contribution is 2.02. The van der Waals surface area contributed by atoms with Crippen molar-refractivity contribution in [3.05, 3.63) is 17.5 Å². The Balaban J connectivity index is 2.96. The largest absolute Gasteiger partial charge is 0.463 e. The van der Waals surface area contributed by atoms with Crippen LogP contribution in [-0.4, -0.2) is 28.6 Å². The van der Waals surface area contributed by atoms with Crippen LogP contribution in [0, 0.1) is 6.92 Å². The average Bonchev–Trinajstić information content (AvgIpc) is 2.44. The molecule has 0 N–H and O–H groups in total. The molecule has 1 aromatic heterocycles. The van der Waals surface area contributed by atoms with Gasteiger partial charge in [-0.3, -0.25) is 9.48 Å². The molecule has 0 saturated carbocycles. The van der Waals surface area contributed by atoms with Gasteiger partial charge in [0.05, 0.1) is 7.11 Å². The summed E-state index contributed by atoms with van der Waals surface area (Å²) < 4.78 is 5.80. The number of ketones is 1. The highest BCUT2D eigenvalue weighted by molar-refractivity contribution is 6.40. The SMILES string of the molecule is COC(=O)C(=O)c1cc(C)n(C)n1. The zero-order chi connectivity index (χ0) is 10.0. The molecule has 0 aromatic carbocycles. The molecule has 0 amide bonds. The highest BCUT2D eigenvalue weighted by atomic mass is 16.5. The lowest BCUT2D eigenvalue weighted by molar-refractivity contribution is -0.135. The standard InChI is InChI=1S/C8H10N2O3/c1-5-4-6(9-10(5)2)7(11)8(12)13-3/h4H,1-3H3. The molecule has 70 valence electrons. The molecule has 0 atom stereocenters. The number of aromatic nitrogens is 2. The number of rotatable bonds is 2. The Morgan fingerprint density at radius 3 is 2.54 bits per heavy atom. The van der Waals surface area contributed by atoms with E-state index < -0.39 is 11.8 Å². The van der Waals surface area contributed by atoms with Crippen molar-refractivity contribution in [1.29, 1.82) is 0 Å². The molecule has 0 unspecified atom stereocenters. The van der Waals surface area contributed by atoms with Gasteiger partial charge < -0.3 is 4.74 Å². The number of carbonyl (C=O) groups is 2. The number of esters is 1. The van der Waals surface area contributed by atoms with Gasteiger partial charge in [-0.2, -0.15) is 5.10 Å². The molecule has 0 spiro atoms. The van der Waals surface area contributed by atoms with E-state index in [9.17, 15) is 9.59 Å². The topological polar surface area (TPSA) is 61.2 Å². The molecule has 1 aromatic rings. The summed E-state index contributed by atoms with van der Waals surface area (Å²) in [6.07, 6.45) is 0. The van der Waals surface area contributed by atoms with Crippen LogP contribution in [-0.2, 0) is 16.6 Å². The molecular formula is C8H10N2O3. The van der Waals surface area contributed by atoms with E-state index in [2.05, 4.69) is 9.84 Å². The number of methoxy groups -OCH3 is 1. The first-order valence-corrected chi connectivity index (χ1v) is 3.69. The van der Waals surface area contributed by atoms with Gasteiger partial charge in [0.2, 0.25) is 0 Å². The lowest BCUT2D eigenvalue weighted by Gasteiger charge is -1.92. The van der Waals surface area contributed by atoms with Gasteiger partial charge in [-0.15, -0.1) is 0 Å². The number of nitrogens with zero attached hydrogens (tertiary/aromatic N) is 2. The monoisotopic (exact) mass is 182 g/mol. The molecule has 5 heteroatoms. The summed E-state index contributed by atoms with van der Waals surface area (Å²) in [6, 6.07) is 1.54. The molecule has 13 heavy (non-hydrogen) atoms. The molecule has 0 aliphatic carbocycles. The van der Waals surface area contributed by atoms with Gasteiger partial charge in [-0.25, -0.2) is 4.79 Å². The predicted molar refractivity (Wildman–Crippen MR) is 44.3 cm³/mol. The molecule has 1 heterocycles. The van der Waals surface area contributed by atoms with Crippen LogP contribution in [0.25, 0.3) is 0 Å². The molecule has 0 fully saturated rings. The van der Waals surface area contributed by atoms with E-state index in [1.807, 2.05) is 0 Å². The summed E-state index contributed by atoms with van der Waals surface area (Å²) in [4.78, 5) is 22.0. The summed E-state index contributed by atoms with van der Waals surface area (Å²) in [5.41, 5.74) is 0.930. The summed E-state index contributed by atoms with van der Waals surface area (Å²) in [7, 11) is 2.86. The molecule has 0 bridgehead atoms. The van der Waals surface area contributed by atoms with Crippen molar-refractivity contribution in [2.45, 2.75) is 6.92 Å². The second kappa shape index (κ2) is 3.38. The maximum absolute atomic E-state index is 11.2. The quantitative estimate of drug-likeness (QED) is 0.369. The summed E-state index contributed by atoms with van der Waals surface area (Å²) in [6.45, 7) is 1.79. The van der Waals surface area contributed by atoms with Gasteiger partial charge in [-0.05, 0) is 13.0 Å². The maximum atomic E-state index is 11.2. The van der Waals surface area contributed by atoms with Crippen LogP contribution in [0.5, 0.6) is 0 Å². The van der Waals surface area contributed by atoms with Gasteiger partial charge in [0, 0.05) is 12.7 Å². The van der Waals surface area contributed by atoms with E-state index in [-0.39, 0.29) is 5.69 Å². The van der Waals surface area contributed by atoms with Crippen LogP contribution in [0.4, 0.5) is 0 Å². The Morgan fingerprint density at radius 2 is 2.15 bits per heavy atom. The first-order chi connectivity index (χ1) is 6.06. The van der Waals surface area contributed by atoms with Gasteiger partial charge in [0.15, 0.2) is 0 Å². The van der Waals surface area contributed by atoms with Crippen LogP contribution in [0.1, 0.15) is 16.2 Å². The normalized spacial score (nSPS) is 9.77. The molecule has 0 saturated heterocycles. The second-order valence-electron chi connectivity index (χ2n) is 2.62. The van der Waals surface area contributed by atoms with E-state index in [1.165, 1.54) is 4.68 Å². The fourth-order valence-corrected chi connectivity index (χ4v) is 0.869. The van der Waals surface area contributed by atoms with E-state index in [0.717, 1.165) is 12.8 Å². The van der Waals surface area contributed by atoms with Crippen molar-refractivity contribution in [3.8, 4) is 0 Å². The first kappa shape index (κ1) is 9.44. The Labute approximate surface area is 75.3 Å². The Morgan fingerprint density at radius 1 is 1.54 bits per heavy atom. The minimum Gasteiger partial charge on any atom is -0.463 e. The third-order valence-corrected chi connectivity index (χ3v) is 1.72. The van der Waals surface area contributed by atoms with E-state index >= 15 is 0 Å². The lowest BCUT2D eigenvalue weighted by atomic mass is 10.3. The molecule has 0 aliphatic rings. The summed E-state index contributed by atoms with van der Waals surface area (Å²) >= 11 is 0. The zero-order valence-electron chi connectivity index (χ0n) is 7.70. The van der Waals surface area contributed by atoms with Crippen molar-refractivity contribution < 1.29 is 14.3 Å².